The van der Waals surface area contributed by atoms with Crippen LogP contribution in [0.1, 0.15) is 11.1 Å². The average Bonchev–Trinajstić information content (AvgIpc) is 2.54. The average molecular weight is 368 g/mol. The van der Waals surface area contributed by atoms with Crippen molar-refractivity contribution in [1.29, 1.82) is 0 Å². The second-order valence-electron chi connectivity index (χ2n) is 5.53. The molecule has 0 radical (unpaired) electrons. The molecular formula is C17H18F2N2O3S. The second kappa shape index (κ2) is 8.17. The highest BCUT2D eigenvalue weighted by atomic mass is 32.2. The first-order chi connectivity index (χ1) is 11.8. The molecule has 25 heavy (non-hydrogen) atoms. The molecule has 0 fully saturated rings. The molecule has 0 spiro atoms. The van der Waals surface area contributed by atoms with Crippen LogP contribution in [0.4, 0.5) is 8.78 Å². The lowest BCUT2D eigenvalue weighted by molar-refractivity contribution is -0.121. The molecule has 0 aromatic heterocycles. The van der Waals surface area contributed by atoms with Crippen molar-refractivity contribution < 1.29 is 22.0 Å². The van der Waals surface area contributed by atoms with Gasteiger partial charge >= 0.3 is 0 Å². The minimum Gasteiger partial charge on any atom is -0.351 e. The number of hydrogen-bond donors (Lipinski definition) is 1. The molecule has 134 valence electrons. The Morgan fingerprint density at radius 1 is 1.08 bits per heavy atom. The van der Waals surface area contributed by atoms with Gasteiger partial charge in [0.1, 0.15) is 11.6 Å². The largest absolute Gasteiger partial charge is 0.351 e. The molecule has 1 N–H and O–H groups in total. The molecule has 8 heteroatoms. The Bertz CT molecular complexity index is 839. The predicted molar refractivity (Wildman–Crippen MR) is 89.9 cm³/mol. The summed E-state index contributed by atoms with van der Waals surface area (Å²) in [5, 5.41) is 2.49. The number of carbonyl (C=O) groups is 1. The minimum atomic E-state index is -3.65. The summed E-state index contributed by atoms with van der Waals surface area (Å²) in [5.74, 6) is -1.44. The Balaban J connectivity index is 2.00. The van der Waals surface area contributed by atoms with Gasteiger partial charge < -0.3 is 5.32 Å². The van der Waals surface area contributed by atoms with Crippen LogP contribution in [0, 0.1) is 11.6 Å². The van der Waals surface area contributed by atoms with Crippen LogP contribution in [0.3, 0.4) is 0 Å². The van der Waals surface area contributed by atoms with Crippen molar-refractivity contribution in [1.82, 2.24) is 9.62 Å². The summed E-state index contributed by atoms with van der Waals surface area (Å²) in [5.41, 5.74) is 0.856. The molecule has 0 saturated carbocycles. The molecule has 0 aliphatic rings. The van der Waals surface area contributed by atoms with Gasteiger partial charge in [0.05, 0.1) is 12.8 Å². The van der Waals surface area contributed by atoms with Gasteiger partial charge in [-0.05, 0) is 23.8 Å². The molecule has 0 bridgehead atoms. The zero-order chi connectivity index (χ0) is 18.4. The van der Waals surface area contributed by atoms with E-state index in [1.54, 1.807) is 6.07 Å². The number of halogens is 2. The van der Waals surface area contributed by atoms with Crippen LogP contribution >= 0.6 is 0 Å². The lowest BCUT2D eigenvalue weighted by atomic mass is 10.2. The molecule has 2 aromatic carbocycles. The minimum absolute atomic E-state index is 0.0420. The number of nitrogens with zero attached hydrogens (tertiary/aromatic N) is 1. The van der Waals surface area contributed by atoms with Gasteiger partial charge in [0.25, 0.3) is 0 Å². The van der Waals surface area contributed by atoms with Crippen molar-refractivity contribution >= 4 is 15.9 Å². The summed E-state index contributed by atoms with van der Waals surface area (Å²) in [6.07, 6.45) is 0.987. The van der Waals surface area contributed by atoms with Crippen LogP contribution in [0.2, 0.25) is 0 Å². The highest BCUT2D eigenvalue weighted by Crippen LogP contribution is 2.10. The topological polar surface area (TPSA) is 66.5 Å². The molecule has 5 nitrogen and oxygen atoms in total. The Morgan fingerprint density at radius 2 is 1.72 bits per heavy atom. The standard InChI is InChI=1S/C17H18F2N2O3S/c1-25(23,24)21(11-13-6-8-15(18)9-7-13)12-17(22)20-10-14-4-2-3-5-16(14)19/h2-9H,10-12H2,1H3,(H,20,22). The van der Waals surface area contributed by atoms with Crippen molar-refractivity contribution in [3.05, 3.63) is 71.3 Å². The van der Waals surface area contributed by atoms with Gasteiger partial charge in [-0.25, -0.2) is 17.2 Å². The maximum absolute atomic E-state index is 13.5. The van der Waals surface area contributed by atoms with E-state index >= 15 is 0 Å². The summed E-state index contributed by atoms with van der Waals surface area (Å²) < 4.78 is 51.2. The van der Waals surface area contributed by atoms with Crippen LogP contribution in [-0.2, 0) is 27.9 Å². The lowest BCUT2D eigenvalue weighted by Gasteiger charge is -2.19. The predicted octanol–water partition coefficient (Wildman–Crippen LogP) is 2.04. The zero-order valence-corrected chi connectivity index (χ0v) is 14.4. The molecular weight excluding hydrogens is 350 g/mol. The fraction of sp³-hybridized carbons (Fsp3) is 0.235. The van der Waals surface area contributed by atoms with Crippen molar-refractivity contribution in [2.24, 2.45) is 0 Å². The molecule has 0 atom stereocenters. The van der Waals surface area contributed by atoms with E-state index in [4.69, 9.17) is 0 Å². The van der Waals surface area contributed by atoms with E-state index in [1.807, 2.05) is 0 Å². The molecule has 0 unspecified atom stereocenters. The molecule has 2 rings (SSSR count). The van der Waals surface area contributed by atoms with E-state index in [0.717, 1.165) is 10.6 Å². The number of carbonyl (C=O) groups excluding carboxylic acids is 1. The Kier molecular flexibility index (Phi) is 6.22. The third-order valence-electron chi connectivity index (χ3n) is 3.50. The number of hydrogen-bond acceptors (Lipinski definition) is 3. The van der Waals surface area contributed by atoms with Crippen molar-refractivity contribution in [3.8, 4) is 0 Å². The summed E-state index contributed by atoms with van der Waals surface area (Å²) in [6, 6.07) is 11.3. The second-order valence-corrected chi connectivity index (χ2v) is 7.51. The van der Waals surface area contributed by atoms with Crippen LogP contribution < -0.4 is 5.32 Å². The van der Waals surface area contributed by atoms with Crippen molar-refractivity contribution in [2.45, 2.75) is 13.1 Å². The van der Waals surface area contributed by atoms with Crippen LogP contribution in [0.25, 0.3) is 0 Å². The van der Waals surface area contributed by atoms with E-state index in [1.165, 1.54) is 42.5 Å². The SMILES string of the molecule is CS(=O)(=O)N(CC(=O)NCc1ccccc1F)Cc1ccc(F)cc1. The van der Waals surface area contributed by atoms with Gasteiger partial charge in [-0.1, -0.05) is 30.3 Å². The lowest BCUT2D eigenvalue weighted by Crippen LogP contribution is -2.39. The first kappa shape index (κ1) is 19.0. The molecule has 0 heterocycles. The van der Waals surface area contributed by atoms with E-state index in [0.29, 0.717) is 11.1 Å². The smallest absolute Gasteiger partial charge is 0.235 e. The molecule has 2 aromatic rings. The third-order valence-corrected chi connectivity index (χ3v) is 4.69. The van der Waals surface area contributed by atoms with Crippen molar-refractivity contribution in [2.75, 3.05) is 12.8 Å². The van der Waals surface area contributed by atoms with Gasteiger partial charge in [0.15, 0.2) is 0 Å². The van der Waals surface area contributed by atoms with E-state index < -0.39 is 34.1 Å². The Morgan fingerprint density at radius 3 is 2.32 bits per heavy atom. The van der Waals surface area contributed by atoms with Crippen molar-refractivity contribution in [3.63, 3.8) is 0 Å². The highest BCUT2D eigenvalue weighted by molar-refractivity contribution is 7.88. The normalized spacial score (nSPS) is 11.5. The monoisotopic (exact) mass is 368 g/mol. The fourth-order valence-corrected chi connectivity index (χ4v) is 2.87. The first-order valence-electron chi connectivity index (χ1n) is 7.45. The summed E-state index contributed by atoms with van der Waals surface area (Å²) >= 11 is 0. The summed E-state index contributed by atoms with van der Waals surface area (Å²) in [4.78, 5) is 12.0. The number of rotatable bonds is 7. The molecule has 1 amide bonds. The molecule has 0 aliphatic carbocycles. The number of sulfonamides is 1. The zero-order valence-electron chi connectivity index (χ0n) is 13.6. The van der Waals surface area contributed by atoms with Crippen LogP contribution in [0.5, 0.6) is 0 Å². The first-order valence-corrected chi connectivity index (χ1v) is 9.30. The van der Waals surface area contributed by atoms with Gasteiger partial charge in [0, 0.05) is 18.7 Å². The third kappa shape index (κ3) is 5.91. The van der Waals surface area contributed by atoms with Crippen LogP contribution in [-0.4, -0.2) is 31.4 Å². The summed E-state index contributed by atoms with van der Waals surface area (Å²) in [7, 11) is -3.65. The quantitative estimate of drug-likeness (QED) is 0.813. The molecule has 0 saturated heterocycles. The maximum atomic E-state index is 13.5. The number of benzene rings is 2. The Hall–Kier alpha value is -2.32. The molecule has 0 aliphatic heterocycles. The number of nitrogens with one attached hydrogen (secondary N) is 1. The maximum Gasteiger partial charge on any atom is 0.235 e. The van der Waals surface area contributed by atoms with E-state index in [-0.39, 0.29) is 13.1 Å². The Labute approximate surface area is 145 Å². The highest BCUT2D eigenvalue weighted by Gasteiger charge is 2.20. The van der Waals surface area contributed by atoms with E-state index in [2.05, 4.69) is 5.32 Å². The van der Waals surface area contributed by atoms with Crippen LogP contribution in [0.15, 0.2) is 48.5 Å². The van der Waals surface area contributed by atoms with Gasteiger partial charge in [-0.3, -0.25) is 4.79 Å². The van der Waals surface area contributed by atoms with Gasteiger partial charge in [-0.15, -0.1) is 0 Å². The van der Waals surface area contributed by atoms with Gasteiger partial charge in [-0.2, -0.15) is 4.31 Å². The van der Waals surface area contributed by atoms with E-state index in [9.17, 15) is 22.0 Å². The fourth-order valence-electron chi connectivity index (χ4n) is 2.14. The summed E-state index contributed by atoms with van der Waals surface area (Å²) in [6.45, 7) is -0.517. The van der Waals surface area contributed by atoms with Gasteiger partial charge in [0.2, 0.25) is 15.9 Å². The number of amides is 1.